The van der Waals surface area contributed by atoms with E-state index in [1.165, 1.54) is 5.56 Å². The summed E-state index contributed by atoms with van der Waals surface area (Å²) in [5.74, 6) is 2.03. The molecule has 0 aromatic carbocycles. The maximum atomic E-state index is 5.46. The Morgan fingerprint density at radius 2 is 1.93 bits per heavy atom. The lowest BCUT2D eigenvalue weighted by Gasteiger charge is -2.18. The Balaban J connectivity index is 2.42. The quantitative estimate of drug-likeness (QED) is 0.802. The minimum atomic E-state index is 0.340. The Bertz CT molecular complexity index is 294. The maximum Gasteiger partial charge on any atom is 0.105 e. The molecule has 0 radical (unpaired) electrons. The van der Waals surface area contributed by atoms with Crippen molar-refractivity contribution in [3.8, 4) is 0 Å². The van der Waals surface area contributed by atoms with E-state index in [1.807, 2.05) is 13.8 Å². The van der Waals surface area contributed by atoms with Crippen LogP contribution >= 0.6 is 0 Å². The van der Waals surface area contributed by atoms with Gasteiger partial charge < -0.3 is 9.73 Å². The van der Waals surface area contributed by atoms with Gasteiger partial charge in [0.15, 0.2) is 0 Å². The smallest absolute Gasteiger partial charge is 0.105 e. The van der Waals surface area contributed by atoms with Crippen molar-refractivity contribution in [2.45, 2.75) is 41.2 Å². The van der Waals surface area contributed by atoms with Crippen LogP contribution in [0, 0.1) is 19.3 Å². The lowest BCUT2D eigenvalue weighted by atomic mass is 9.97. The summed E-state index contributed by atoms with van der Waals surface area (Å²) in [4.78, 5) is 0. The molecule has 0 aliphatic rings. The fraction of sp³-hybridized carbons (Fsp3) is 0.667. The molecule has 2 heteroatoms. The lowest BCUT2D eigenvalue weighted by molar-refractivity contribution is 0.378. The second kappa shape index (κ2) is 4.18. The highest BCUT2D eigenvalue weighted by Crippen LogP contribution is 2.15. The summed E-state index contributed by atoms with van der Waals surface area (Å²) in [6.45, 7) is 12.6. The van der Waals surface area contributed by atoms with Crippen LogP contribution in [0.25, 0.3) is 0 Å². The van der Waals surface area contributed by atoms with E-state index in [0.717, 1.165) is 24.6 Å². The monoisotopic (exact) mass is 195 g/mol. The van der Waals surface area contributed by atoms with E-state index in [9.17, 15) is 0 Å². The third kappa shape index (κ3) is 3.54. The zero-order valence-corrected chi connectivity index (χ0v) is 9.90. The molecule has 1 rings (SSSR count). The molecule has 14 heavy (non-hydrogen) atoms. The van der Waals surface area contributed by atoms with Crippen LogP contribution in [0.15, 0.2) is 10.5 Å². The Hall–Kier alpha value is -0.760. The average molecular weight is 195 g/mol. The molecule has 0 spiro atoms. The first-order chi connectivity index (χ1) is 6.38. The van der Waals surface area contributed by atoms with E-state index in [0.29, 0.717) is 5.41 Å². The highest BCUT2D eigenvalue weighted by Gasteiger charge is 2.10. The standard InChI is InChI=1S/C12H21NO/c1-9-6-11(10(2)14-9)7-13-8-12(3,4)5/h6,13H,7-8H2,1-5H3. The molecule has 1 aromatic heterocycles. The molecule has 1 aromatic rings. The summed E-state index contributed by atoms with van der Waals surface area (Å²) in [6.07, 6.45) is 0. The van der Waals surface area contributed by atoms with Gasteiger partial charge in [0.1, 0.15) is 11.5 Å². The van der Waals surface area contributed by atoms with E-state index in [1.54, 1.807) is 0 Å². The van der Waals surface area contributed by atoms with Crippen molar-refractivity contribution in [2.75, 3.05) is 6.54 Å². The van der Waals surface area contributed by atoms with Gasteiger partial charge in [0.25, 0.3) is 0 Å². The van der Waals surface area contributed by atoms with Gasteiger partial charge in [0.2, 0.25) is 0 Å². The Morgan fingerprint density at radius 1 is 1.29 bits per heavy atom. The molecular formula is C12H21NO. The lowest BCUT2D eigenvalue weighted by Crippen LogP contribution is -2.26. The van der Waals surface area contributed by atoms with Gasteiger partial charge in [-0.25, -0.2) is 0 Å². The summed E-state index contributed by atoms with van der Waals surface area (Å²) in [5.41, 5.74) is 1.61. The van der Waals surface area contributed by atoms with Crippen molar-refractivity contribution in [2.24, 2.45) is 5.41 Å². The number of aryl methyl sites for hydroxylation is 2. The molecule has 0 amide bonds. The topological polar surface area (TPSA) is 25.2 Å². The number of nitrogens with one attached hydrogen (secondary N) is 1. The van der Waals surface area contributed by atoms with Crippen molar-refractivity contribution in [3.05, 3.63) is 23.2 Å². The molecular weight excluding hydrogens is 174 g/mol. The number of furan rings is 1. The minimum Gasteiger partial charge on any atom is -0.466 e. The molecule has 0 aliphatic heterocycles. The Kier molecular flexibility index (Phi) is 3.38. The number of rotatable bonds is 3. The van der Waals surface area contributed by atoms with Crippen LogP contribution in [0.5, 0.6) is 0 Å². The minimum absolute atomic E-state index is 0.340. The van der Waals surface area contributed by atoms with Gasteiger partial charge in [0, 0.05) is 18.7 Å². The molecule has 80 valence electrons. The van der Waals surface area contributed by atoms with Crippen LogP contribution in [0.2, 0.25) is 0 Å². The predicted octanol–water partition coefficient (Wildman–Crippen LogP) is 3.03. The highest BCUT2D eigenvalue weighted by molar-refractivity contribution is 5.19. The van der Waals surface area contributed by atoms with Gasteiger partial charge in [-0.3, -0.25) is 0 Å². The molecule has 0 saturated heterocycles. The Labute approximate surface area is 86.7 Å². The van der Waals surface area contributed by atoms with Gasteiger partial charge in [-0.2, -0.15) is 0 Å². The second-order valence-electron chi connectivity index (χ2n) is 5.10. The fourth-order valence-corrected chi connectivity index (χ4v) is 1.43. The van der Waals surface area contributed by atoms with Crippen LogP contribution in [0.1, 0.15) is 37.9 Å². The van der Waals surface area contributed by atoms with Crippen LogP contribution in [0.4, 0.5) is 0 Å². The van der Waals surface area contributed by atoms with Crippen LogP contribution in [0.3, 0.4) is 0 Å². The van der Waals surface area contributed by atoms with E-state index in [2.05, 4.69) is 32.2 Å². The van der Waals surface area contributed by atoms with Gasteiger partial charge in [-0.05, 0) is 25.3 Å². The van der Waals surface area contributed by atoms with E-state index >= 15 is 0 Å². The van der Waals surface area contributed by atoms with Gasteiger partial charge in [0.05, 0.1) is 0 Å². The number of hydrogen-bond acceptors (Lipinski definition) is 2. The van der Waals surface area contributed by atoms with E-state index in [-0.39, 0.29) is 0 Å². The molecule has 1 heterocycles. The van der Waals surface area contributed by atoms with Crippen molar-refractivity contribution in [1.29, 1.82) is 0 Å². The molecule has 0 bridgehead atoms. The summed E-state index contributed by atoms with van der Waals surface area (Å²) >= 11 is 0. The van der Waals surface area contributed by atoms with Crippen molar-refractivity contribution >= 4 is 0 Å². The third-order valence-electron chi connectivity index (χ3n) is 2.11. The molecule has 0 fully saturated rings. The van der Waals surface area contributed by atoms with Crippen molar-refractivity contribution in [1.82, 2.24) is 5.32 Å². The molecule has 0 aliphatic carbocycles. The van der Waals surface area contributed by atoms with Crippen molar-refractivity contribution in [3.63, 3.8) is 0 Å². The van der Waals surface area contributed by atoms with Gasteiger partial charge in [-0.15, -0.1) is 0 Å². The normalized spacial score (nSPS) is 12.1. The molecule has 0 saturated carbocycles. The largest absolute Gasteiger partial charge is 0.466 e. The summed E-state index contributed by atoms with van der Waals surface area (Å²) in [7, 11) is 0. The maximum absolute atomic E-state index is 5.46. The predicted molar refractivity (Wildman–Crippen MR) is 59.3 cm³/mol. The third-order valence-corrected chi connectivity index (χ3v) is 2.11. The first kappa shape index (κ1) is 11.3. The van der Waals surface area contributed by atoms with Crippen LogP contribution in [-0.2, 0) is 6.54 Å². The SMILES string of the molecule is Cc1cc(CNCC(C)(C)C)c(C)o1. The zero-order chi connectivity index (χ0) is 10.8. The first-order valence-electron chi connectivity index (χ1n) is 5.15. The second-order valence-corrected chi connectivity index (χ2v) is 5.10. The summed E-state index contributed by atoms with van der Waals surface area (Å²) < 4.78 is 5.46. The zero-order valence-electron chi connectivity index (χ0n) is 9.90. The average Bonchev–Trinajstić information content (AvgIpc) is 2.27. The van der Waals surface area contributed by atoms with Crippen LogP contribution < -0.4 is 5.32 Å². The van der Waals surface area contributed by atoms with Gasteiger partial charge in [-0.1, -0.05) is 20.8 Å². The van der Waals surface area contributed by atoms with Crippen molar-refractivity contribution < 1.29 is 4.42 Å². The highest BCUT2D eigenvalue weighted by atomic mass is 16.3. The van der Waals surface area contributed by atoms with Gasteiger partial charge >= 0.3 is 0 Å². The molecule has 0 atom stereocenters. The molecule has 1 N–H and O–H groups in total. The first-order valence-corrected chi connectivity index (χ1v) is 5.15. The fourth-order valence-electron chi connectivity index (χ4n) is 1.43. The van der Waals surface area contributed by atoms with E-state index < -0.39 is 0 Å². The van der Waals surface area contributed by atoms with Crippen LogP contribution in [-0.4, -0.2) is 6.54 Å². The Morgan fingerprint density at radius 3 is 2.36 bits per heavy atom. The number of hydrogen-bond donors (Lipinski definition) is 1. The summed E-state index contributed by atoms with van der Waals surface area (Å²) in [5, 5.41) is 3.44. The molecule has 2 nitrogen and oxygen atoms in total. The van der Waals surface area contributed by atoms with E-state index in [4.69, 9.17) is 4.42 Å². The summed E-state index contributed by atoms with van der Waals surface area (Å²) in [6, 6.07) is 2.10. The molecule has 0 unspecified atom stereocenters.